The number of carbonyl (C=O) groups excluding carboxylic acids is 1. The Morgan fingerprint density at radius 2 is 1.97 bits per heavy atom. The molecule has 1 fully saturated rings. The first-order chi connectivity index (χ1) is 15.3. The van der Waals surface area contributed by atoms with Crippen molar-refractivity contribution in [3.8, 4) is 11.5 Å². The van der Waals surface area contributed by atoms with Crippen LogP contribution in [0.3, 0.4) is 0 Å². The van der Waals surface area contributed by atoms with Crippen LogP contribution >= 0.6 is 11.6 Å². The van der Waals surface area contributed by atoms with Gasteiger partial charge in [0.2, 0.25) is 10.0 Å². The molecule has 172 valence electrons. The fraction of sp³-hybridized carbons (Fsp3) is 0.318. The van der Waals surface area contributed by atoms with Gasteiger partial charge in [-0.15, -0.1) is 6.58 Å². The Labute approximate surface area is 192 Å². The zero-order valence-electron chi connectivity index (χ0n) is 17.7. The van der Waals surface area contributed by atoms with Crippen LogP contribution in [0.15, 0.2) is 53.9 Å². The summed E-state index contributed by atoms with van der Waals surface area (Å²) in [4.78, 5) is 12.3. The van der Waals surface area contributed by atoms with Crippen molar-refractivity contribution in [3.05, 3.63) is 59.6 Å². The molecule has 1 N–H and O–H groups in total. The number of methoxy groups -OCH3 is 1. The van der Waals surface area contributed by atoms with Gasteiger partial charge < -0.3 is 19.5 Å². The number of amides is 1. The molecule has 2 aromatic carbocycles. The molecule has 0 saturated carbocycles. The number of allylic oxidation sites excluding steroid dienone is 1. The molecule has 10 heteroatoms. The molecule has 0 bridgehead atoms. The standard InChI is InChI=1S/C22H25ClN2O6S/c1-3-4-16-5-8-19(20(13-16)29-2)31-15-22(26)24-17-6-7-18(23)21(14-17)32(27,28)25-9-11-30-12-10-25/h3,5-8,13-14H,1,4,9-12,15H2,2H3,(H,24,26). The van der Waals surface area contributed by atoms with Crippen LogP contribution in [0.5, 0.6) is 11.5 Å². The summed E-state index contributed by atoms with van der Waals surface area (Å²) < 4.78 is 43.3. The van der Waals surface area contributed by atoms with E-state index in [1.165, 1.54) is 29.6 Å². The molecule has 3 rings (SSSR count). The highest BCUT2D eigenvalue weighted by molar-refractivity contribution is 7.89. The number of hydrogen-bond donors (Lipinski definition) is 1. The van der Waals surface area contributed by atoms with E-state index in [-0.39, 0.29) is 29.6 Å². The number of hydrogen-bond acceptors (Lipinski definition) is 6. The molecule has 1 heterocycles. The van der Waals surface area contributed by atoms with E-state index in [2.05, 4.69) is 11.9 Å². The van der Waals surface area contributed by atoms with Crippen molar-refractivity contribution in [3.63, 3.8) is 0 Å². The molecule has 32 heavy (non-hydrogen) atoms. The molecule has 1 amide bonds. The van der Waals surface area contributed by atoms with Crippen LogP contribution in [-0.2, 0) is 26.0 Å². The maximum absolute atomic E-state index is 12.9. The lowest BCUT2D eigenvalue weighted by molar-refractivity contribution is -0.118. The van der Waals surface area contributed by atoms with Gasteiger partial charge in [-0.2, -0.15) is 4.31 Å². The van der Waals surface area contributed by atoms with Crippen molar-refractivity contribution in [2.75, 3.05) is 45.3 Å². The van der Waals surface area contributed by atoms with Crippen molar-refractivity contribution in [2.24, 2.45) is 0 Å². The molecular weight excluding hydrogens is 456 g/mol. The number of nitrogens with zero attached hydrogens (tertiary/aromatic N) is 1. The Balaban J connectivity index is 1.68. The molecule has 0 unspecified atom stereocenters. The van der Waals surface area contributed by atoms with Crippen LogP contribution in [0.4, 0.5) is 5.69 Å². The highest BCUT2D eigenvalue weighted by Gasteiger charge is 2.28. The van der Waals surface area contributed by atoms with Crippen LogP contribution in [-0.4, -0.2) is 58.7 Å². The molecule has 0 aromatic heterocycles. The minimum atomic E-state index is -3.81. The van der Waals surface area contributed by atoms with Crippen LogP contribution in [0, 0.1) is 0 Å². The second kappa shape index (κ2) is 10.8. The molecule has 1 aliphatic rings. The van der Waals surface area contributed by atoms with Crippen LogP contribution < -0.4 is 14.8 Å². The summed E-state index contributed by atoms with van der Waals surface area (Å²) >= 11 is 6.15. The fourth-order valence-electron chi connectivity index (χ4n) is 3.17. The predicted molar refractivity (Wildman–Crippen MR) is 122 cm³/mol. The molecule has 0 radical (unpaired) electrons. The average Bonchev–Trinajstić information content (AvgIpc) is 2.80. The van der Waals surface area contributed by atoms with Gasteiger partial charge in [0.25, 0.3) is 5.91 Å². The second-order valence-corrected chi connectivity index (χ2v) is 9.29. The molecule has 1 saturated heterocycles. The smallest absolute Gasteiger partial charge is 0.262 e. The molecule has 0 atom stereocenters. The zero-order valence-corrected chi connectivity index (χ0v) is 19.2. The Hall–Kier alpha value is -2.59. The van der Waals surface area contributed by atoms with Crippen LogP contribution in [0.2, 0.25) is 5.02 Å². The van der Waals surface area contributed by atoms with E-state index in [1.807, 2.05) is 12.1 Å². The molecule has 8 nitrogen and oxygen atoms in total. The molecule has 2 aromatic rings. The summed E-state index contributed by atoms with van der Waals surface area (Å²) in [7, 11) is -2.29. The number of anilines is 1. The Morgan fingerprint density at radius 3 is 2.66 bits per heavy atom. The van der Waals surface area contributed by atoms with Gasteiger partial charge in [0, 0.05) is 18.8 Å². The first-order valence-corrected chi connectivity index (χ1v) is 11.7. The first-order valence-electron chi connectivity index (χ1n) is 9.93. The molecule has 0 spiro atoms. The van der Waals surface area contributed by atoms with Crippen LogP contribution in [0.1, 0.15) is 5.56 Å². The molecule has 1 aliphatic heterocycles. The first kappa shape index (κ1) is 24.1. The van der Waals surface area contributed by atoms with E-state index in [4.69, 9.17) is 25.8 Å². The second-order valence-electron chi connectivity index (χ2n) is 6.98. The molecule has 0 aliphatic carbocycles. The third-order valence-electron chi connectivity index (χ3n) is 4.77. The zero-order chi connectivity index (χ0) is 23.1. The minimum absolute atomic E-state index is 0.0701. The van der Waals surface area contributed by atoms with Gasteiger partial charge in [0.1, 0.15) is 4.90 Å². The van der Waals surface area contributed by atoms with Crippen molar-refractivity contribution in [1.29, 1.82) is 0 Å². The van der Waals surface area contributed by atoms with E-state index >= 15 is 0 Å². The highest BCUT2D eigenvalue weighted by Crippen LogP contribution is 2.30. The number of benzene rings is 2. The maximum Gasteiger partial charge on any atom is 0.262 e. The SMILES string of the molecule is C=CCc1ccc(OCC(=O)Nc2ccc(Cl)c(S(=O)(=O)N3CCOCC3)c2)c(OC)c1. The van der Waals surface area contributed by atoms with Crippen molar-refractivity contribution >= 4 is 33.2 Å². The van der Waals surface area contributed by atoms with Gasteiger partial charge in [0.15, 0.2) is 18.1 Å². The lowest BCUT2D eigenvalue weighted by Gasteiger charge is -2.26. The summed E-state index contributed by atoms with van der Waals surface area (Å²) in [6.45, 7) is 4.56. The summed E-state index contributed by atoms with van der Waals surface area (Å²) in [6.07, 6.45) is 2.46. The predicted octanol–water partition coefficient (Wildman–Crippen LogP) is 3.12. The van der Waals surface area contributed by atoms with E-state index in [1.54, 1.807) is 12.1 Å². The van der Waals surface area contributed by atoms with Crippen molar-refractivity contribution < 1.29 is 27.4 Å². The van der Waals surface area contributed by atoms with Gasteiger partial charge in [-0.25, -0.2) is 8.42 Å². The lowest BCUT2D eigenvalue weighted by Crippen LogP contribution is -2.40. The normalized spacial score (nSPS) is 14.6. The van der Waals surface area contributed by atoms with Gasteiger partial charge in [-0.05, 0) is 42.3 Å². The van der Waals surface area contributed by atoms with E-state index in [0.29, 0.717) is 36.8 Å². The summed E-state index contributed by atoms with van der Waals surface area (Å²) in [5, 5.41) is 2.72. The third-order valence-corrected chi connectivity index (χ3v) is 7.15. The fourth-order valence-corrected chi connectivity index (χ4v) is 5.08. The maximum atomic E-state index is 12.9. The van der Waals surface area contributed by atoms with Crippen molar-refractivity contribution in [1.82, 2.24) is 4.31 Å². The summed E-state index contributed by atoms with van der Waals surface area (Å²) in [6, 6.07) is 9.71. The molecular formula is C22H25ClN2O6S. The average molecular weight is 481 g/mol. The number of rotatable bonds is 9. The largest absolute Gasteiger partial charge is 0.493 e. The quantitative estimate of drug-likeness (QED) is 0.554. The van der Waals surface area contributed by atoms with Crippen molar-refractivity contribution in [2.45, 2.75) is 11.3 Å². The van der Waals surface area contributed by atoms with E-state index in [9.17, 15) is 13.2 Å². The number of carbonyl (C=O) groups is 1. The highest BCUT2D eigenvalue weighted by atomic mass is 35.5. The van der Waals surface area contributed by atoms with Crippen LogP contribution in [0.25, 0.3) is 0 Å². The summed E-state index contributed by atoms with van der Waals surface area (Å²) in [5.41, 5.74) is 1.30. The minimum Gasteiger partial charge on any atom is -0.493 e. The number of ether oxygens (including phenoxy) is 3. The van der Waals surface area contributed by atoms with E-state index < -0.39 is 15.9 Å². The lowest BCUT2D eigenvalue weighted by atomic mass is 10.1. The Bertz CT molecular complexity index is 1080. The number of nitrogens with one attached hydrogen (secondary N) is 1. The number of sulfonamides is 1. The van der Waals surface area contributed by atoms with E-state index in [0.717, 1.165) is 5.56 Å². The van der Waals surface area contributed by atoms with Gasteiger partial charge in [0.05, 0.1) is 25.3 Å². The van der Waals surface area contributed by atoms with Gasteiger partial charge >= 0.3 is 0 Å². The van der Waals surface area contributed by atoms with Gasteiger partial charge in [-0.1, -0.05) is 23.7 Å². The Kier molecular flexibility index (Phi) is 8.14. The summed E-state index contributed by atoms with van der Waals surface area (Å²) in [5.74, 6) is 0.462. The Morgan fingerprint density at radius 1 is 1.22 bits per heavy atom. The number of morpholine rings is 1. The van der Waals surface area contributed by atoms with Gasteiger partial charge in [-0.3, -0.25) is 4.79 Å². The monoisotopic (exact) mass is 480 g/mol. The number of halogens is 1. The topological polar surface area (TPSA) is 94.2 Å². The third kappa shape index (κ3) is 5.80.